The Labute approximate surface area is 139 Å². The molecule has 0 radical (unpaired) electrons. The second kappa shape index (κ2) is 7.16. The van der Waals surface area contributed by atoms with Gasteiger partial charge >= 0.3 is 0 Å². The van der Waals surface area contributed by atoms with Gasteiger partial charge in [0.05, 0.1) is 5.69 Å². The molecule has 1 aromatic carbocycles. The van der Waals surface area contributed by atoms with Crippen molar-refractivity contribution in [3.05, 3.63) is 41.8 Å². The first-order valence-corrected chi connectivity index (χ1v) is 7.87. The Morgan fingerprint density at radius 3 is 2.79 bits per heavy atom. The molecule has 7 nitrogen and oxygen atoms in total. The molecule has 3 rings (SSSR count). The predicted molar refractivity (Wildman–Crippen MR) is 86.9 cm³/mol. The predicted octanol–water partition coefficient (Wildman–Crippen LogP) is 2.24. The molecule has 1 aliphatic heterocycles. The molecule has 2 amide bonds. The van der Waals surface area contributed by atoms with E-state index in [9.17, 15) is 9.59 Å². The molecule has 1 saturated heterocycles. The molecule has 0 aliphatic carbocycles. The van der Waals surface area contributed by atoms with Crippen molar-refractivity contribution in [2.24, 2.45) is 0 Å². The second-order valence-corrected chi connectivity index (χ2v) is 5.69. The molecule has 7 heteroatoms. The summed E-state index contributed by atoms with van der Waals surface area (Å²) in [5, 5.41) is 6.39. The minimum Gasteiger partial charge on any atom is -0.484 e. The van der Waals surface area contributed by atoms with Crippen LogP contribution in [0.25, 0.3) is 0 Å². The number of hydrogen-bond donors (Lipinski definition) is 1. The van der Waals surface area contributed by atoms with E-state index in [1.807, 2.05) is 0 Å². The average Bonchev–Trinajstić information content (AvgIpc) is 3.24. The zero-order chi connectivity index (χ0) is 16.9. The molecule has 1 aromatic heterocycles. The number of anilines is 1. The van der Waals surface area contributed by atoms with Gasteiger partial charge in [-0.3, -0.25) is 9.59 Å². The summed E-state index contributed by atoms with van der Waals surface area (Å²) in [6.45, 7) is 3.34. The lowest BCUT2D eigenvalue weighted by atomic mass is 10.3. The van der Waals surface area contributed by atoms with Gasteiger partial charge in [-0.15, -0.1) is 0 Å². The van der Waals surface area contributed by atoms with Crippen molar-refractivity contribution in [1.29, 1.82) is 0 Å². The van der Waals surface area contributed by atoms with Crippen LogP contribution in [-0.4, -0.2) is 41.6 Å². The van der Waals surface area contributed by atoms with E-state index in [1.165, 1.54) is 0 Å². The van der Waals surface area contributed by atoms with Crippen molar-refractivity contribution in [3.8, 4) is 5.75 Å². The highest BCUT2D eigenvalue weighted by atomic mass is 16.5. The van der Waals surface area contributed by atoms with Crippen molar-refractivity contribution < 1.29 is 18.8 Å². The highest BCUT2D eigenvalue weighted by Gasteiger charge is 2.18. The maximum atomic E-state index is 12.0. The lowest BCUT2D eigenvalue weighted by Crippen LogP contribution is -2.32. The third-order valence-corrected chi connectivity index (χ3v) is 3.76. The highest BCUT2D eigenvalue weighted by Crippen LogP contribution is 2.19. The number of aryl methyl sites for hydroxylation is 1. The Balaban J connectivity index is 1.57. The van der Waals surface area contributed by atoms with Crippen LogP contribution in [0.1, 0.15) is 29.1 Å². The number of carbonyl (C=O) groups excluding carboxylic acids is 2. The lowest BCUT2D eigenvalue weighted by molar-refractivity contribution is -0.132. The molecule has 0 atom stereocenters. The molecule has 24 heavy (non-hydrogen) atoms. The van der Waals surface area contributed by atoms with Crippen LogP contribution in [0.3, 0.4) is 0 Å². The van der Waals surface area contributed by atoms with E-state index in [0.717, 1.165) is 25.9 Å². The minimum atomic E-state index is -0.388. The van der Waals surface area contributed by atoms with Gasteiger partial charge in [0.25, 0.3) is 11.8 Å². The zero-order valence-electron chi connectivity index (χ0n) is 13.4. The van der Waals surface area contributed by atoms with Crippen LogP contribution in [0, 0.1) is 6.92 Å². The number of amides is 2. The highest BCUT2D eigenvalue weighted by molar-refractivity contribution is 6.02. The summed E-state index contributed by atoms with van der Waals surface area (Å²) in [7, 11) is 0. The number of aromatic nitrogens is 1. The summed E-state index contributed by atoms with van der Waals surface area (Å²) >= 11 is 0. The Morgan fingerprint density at radius 2 is 2.08 bits per heavy atom. The number of likely N-dealkylation sites (tertiary alicyclic amines) is 1. The maximum absolute atomic E-state index is 12.0. The Hall–Kier alpha value is -2.83. The van der Waals surface area contributed by atoms with E-state index in [2.05, 4.69) is 10.5 Å². The standard InChI is InChI=1S/C17H19N3O4/c1-12-9-15(24-19-12)17(22)18-13-5-4-6-14(10-13)23-11-16(21)20-7-2-3-8-20/h4-6,9-10H,2-3,7-8,11H2,1H3,(H,18,22). The smallest absolute Gasteiger partial charge is 0.294 e. The first-order chi connectivity index (χ1) is 11.6. The van der Waals surface area contributed by atoms with Gasteiger partial charge in [-0.1, -0.05) is 11.2 Å². The molecule has 1 aliphatic rings. The minimum absolute atomic E-state index is 0.00129. The van der Waals surface area contributed by atoms with Crippen molar-refractivity contribution in [1.82, 2.24) is 10.1 Å². The van der Waals surface area contributed by atoms with Gasteiger partial charge < -0.3 is 19.5 Å². The zero-order valence-corrected chi connectivity index (χ0v) is 13.4. The summed E-state index contributed by atoms with van der Waals surface area (Å²) in [6, 6.07) is 8.45. The van der Waals surface area contributed by atoms with Crippen LogP contribution in [0.15, 0.2) is 34.9 Å². The van der Waals surface area contributed by atoms with Crippen LogP contribution in [0.2, 0.25) is 0 Å². The fourth-order valence-electron chi connectivity index (χ4n) is 2.53. The Bertz CT molecular complexity index is 735. The number of nitrogens with zero attached hydrogens (tertiary/aromatic N) is 2. The number of carbonyl (C=O) groups is 2. The summed E-state index contributed by atoms with van der Waals surface area (Å²) in [6.07, 6.45) is 2.10. The molecule has 1 fully saturated rings. The van der Waals surface area contributed by atoms with E-state index in [-0.39, 0.29) is 24.2 Å². The summed E-state index contributed by atoms with van der Waals surface area (Å²) in [5.41, 5.74) is 1.19. The molecule has 0 spiro atoms. The SMILES string of the molecule is Cc1cc(C(=O)Nc2cccc(OCC(=O)N3CCCC3)c2)on1. The average molecular weight is 329 g/mol. The third-order valence-electron chi connectivity index (χ3n) is 3.76. The van der Waals surface area contributed by atoms with Crippen LogP contribution in [-0.2, 0) is 4.79 Å². The molecule has 0 unspecified atom stereocenters. The monoisotopic (exact) mass is 329 g/mol. The number of ether oxygens (including phenoxy) is 1. The lowest BCUT2D eigenvalue weighted by Gasteiger charge is -2.15. The van der Waals surface area contributed by atoms with Gasteiger partial charge in [0, 0.05) is 30.9 Å². The van der Waals surface area contributed by atoms with Crippen molar-refractivity contribution >= 4 is 17.5 Å². The summed E-state index contributed by atoms with van der Waals surface area (Å²) in [5.74, 6) is 0.261. The largest absolute Gasteiger partial charge is 0.484 e. The summed E-state index contributed by atoms with van der Waals surface area (Å²) in [4.78, 5) is 25.8. The van der Waals surface area contributed by atoms with Gasteiger partial charge in [-0.2, -0.15) is 0 Å². The maximum Gasteiger partial charge on any atom is 0.294 e. The molecule has 0 saturated carbocycles. The van der Waals surface area contributed by atoms with Crippen LogP contribution in [0.4, 0.5) is 5.69 Å². The number of benzene rings is 1. The molecule has 126 valence electrons. The quantitative estimate of drug-likeness (QED) is 0.909. The van der Waals surface area contributed by atoms with E-state index in [1.54, 1.807) is 42.2 Å². The van der Waals surface area contributed by atoms with E-state index in [4.69, 9.17) is 9.26 Å². The Morgan fingerprint density at radius 1 is 1.29 bits per heavy atom. The molecular formula is C17H19N3O4. The number of nitrogens with one attached hydrogen (secondary N) is 1. The van der Waals surface area contributed by atoms with E-state index >= 15 is 0 Å². The van der Waals surface area contributed by atoms with Gasteiger partial charge in [-0.05, 0) is 31.9 Å². The topological polar surface area (TPSA) is 84.7 Å². The normalized spacial score (nSPS) is 13.8. The molecule has 2 heterocycles. The van der Waals surface area contributed by atoms with E-state index < -0.39 is 0 Å². The molecule has 2 aromatic rings. The first kappa shape index (κ1) is 16.0. The molecular weight excluding hydrogens is 310 g/mol. The van der Waals surface area contributed by atoms with Crippen molar-refractivity contribution in [2.45, 2.75) is 19.8 Å². The van der Waals surface area contributed by atoms with Gasteiger partial charge in [0.2, 0.25) is 5.76 Å². The second-order valence-electron chi connectivity index (χ2n) is 5.69. The van der Waals surface area contributed by atoms with Crippen LogP contribution >= 0.6 is 0 Å². The van der Waals surface area contributed by atoms with Crippen molar-refractivity contribution in [2.75, 3.05) is 25.0 Å². The van der Waals surface area contributed by atoms with Gasteiger partial charge in [0.15, 0.2) is 6.61 Å². The summed E-state index contributed by atoms with van der Waals surface area (Å²) < 4.78 is 10.5. The van der Waals surface area contributed by atoms with Gasteiger partial charge in [-0.25, -0.2) is 0 Å². The van der Waals surface area contributed by atoms with Gasteiger partial charge in [0.1, 0.15) is 5.75 Å². The molecule has 1 N–H and O–H groups in total. The molecule has 0 bridgehead atoms. The van der Waals surface area contributed by atoms with Crippen molar-refractivity contribution in [3.63, 3.8) is 0 Å². The van der Waals surface area contributed by atoms with Crippen LogP contribution in [0.5, 0.6) is 5.75 Å². The van der Waals surface area contributed by atoms with E-state index in [0.29, 0.717) is 17.1 Å². The first-order valence-electron chi connectivity index (χ1n) is 7.87. The fourth-order valence-corrected chi connectivity index (χ4v) is 2.53. The van der Waals surface area contributed by atoms with Crippen LogP contribution < -0.4 is 10.1 Å². The third kappa shape index (κ3) is 3.92. The number of rotatable bonds is 5. The fraction of sp³-hybridized carbons (Fsp3) is 0.353. The Kier molecular flexibility index (Phi) is 4.79. The number of hydrogen-bond acceptors (Lipinski definition) is 5.